The van der Waals surface area contributed by atoms with Crippen LogP contribution in [0.5, 0.6) is 0 Å². The molecule has 0 radical (unpaired) electrons. The number of benzene rings is 1. The average Bonchev–Trinajstić information content (AvgIpc) is 2.56. The minimum absolute atomic E-state index is 0.101. The summed E-state index contributed by atoms with van der Waals surface area (Å²) in [5.74, 6) is -0.133. The summed E-state index contributed by atoms with van der Waals surface area (Å²) in [5.41, 5.74) is -0.880. The van der Waals surface area contributed by atoms with E-state index in [9.17, 15) is 26.9 Å². The van der Waals surface area contributed by atoms with Gasteiger partial charge in [-0.05, 0) is 18.6 Å². The summed E-state index contributed by atoms with van der Waals surface area (Å²) in [7, 11) is -7.90. The molecule has 0 amide bonds. The zero-order valence-corrected chi connectivity index (χ0v) is 15.7. The Bertz CT molecular complexity index is 931. The Morgan fingerprint density at radius 3 is 2.50 bits per heavy atom. The van der Waals surface area contributed by atoms with Gasteiger partial charge in [-0.2, -0.15) is 5.26 Å². The first-order valence-electron chi connectivity index (χ1n) is 7.73. The molecule has 1 N–H and O–H groups in total. The molecule has 0 saturated heterocycles. The lowest BCUT2D eigenvalue weighted by Gasteiger charge is -2.09. The first-order valence-corrected chi connectivity index (χ1v) is 10.9. The number of sulfonamides is 1. The number of nitriles is 1. The summed E-state index contributed by atoms with van der Waals surface area (Å²) in [4.78, 5) is 9.63. The maximum Gasteiger partial charge on any atom is 0.290 e. The summed E-state index contributed by atoms with van der Waals surface area (Å²) in [6.07, 6.45) is 3.75. The number of hydrogen-bond donors (Lipinski definition) is 1. The molecular weight excluding hydrogens is 382 g/mol. The molecule has 0 aliphatic heterocycles. The molecule has 11 heteroatoms. The lowest BCUT2D eigenvalue weighted by Crippen LogP contribution is -2.17. The third kappa shape index (κ3) is 6.45. The number of nitrogens with one attached hydrogen (secondary N) is 1. The van der Waals surface area contributed by atoms with E-state index in [1.807, 2.05) is 6.92 Å². The molecule has 0 spiro atoms. The Morgan fingerprint density at radius 1 is 1.23 bits per heavy atom. The van der Waals surface area contributed by atoms with Crippen LogP contribution in [0.1, 0.15) is 32.6 Å². The smallest absolute Gasteiger partial charge is 0.283 e. The maximum absolute atomic E-state index is 12.0. The molecule has 1 aromatic rings. The van der Waals surface area contributed by atoms with E-state index >= 15 is 0 Å². The standard InChI is InChI=1S/C15H19N3O6S2/c1-2-3-4-5-11-26(23,24)17-13-7-8-15(14(12-13)18(19)20)25(21,22)10-6-9-16/h6-8,10,12,17H,2-5,11H2,1H3. The summed E-state index contributed by atoms with van der Waals surface area (Å²) in [6, 6.07) is 4.40. The van der Waals surface area contributed by atoms with Crippen LogP contribution in [0.15, 0.2) is 34.6 Å². The van der Waals surface area contributed by atoms with Gasteiger partial charge in [0.25, 0.3) is 5.69 Å². The van der Waals surface area contributed by atoms with Crippen molar-refractivity contribution >= 4 is 31.2 Å². The van der Waals surface area contributed by atoms with Crippen molar-refractivity contribution in [3.8, 4) is 6.07 Å². The SMILES string of the molecule is CCCCCCS(=O)(=O)Nc1ccc(S(=O)(=O)C=CC#N)c([N+](=O)[O-])c1. The fraction of sp³-hybridized carbons (Fsp3) is 0.400. The molecule has 142 valence electrons. The number of anilines is 1. The molecule has 0 unspecified atom stereocenters. The molecule has 0 aliphatic rings. The largest absolute Gasteiger partial charge is 0.290 e. The highest BCUT2D eigenvalue weighted by Crippen LogP contribution is 2.29. The first kappa shape index (κ1) is 21.6. The number of hydrogen-bond acceptors (Lipinski definition) is 7. The zero-order chi connectivity index (χ0) is 19.8. The van der Waals surface area contributed by atoms with Crippen molar-refractivity contribution in [1.29, 1.82) is 5.26 Å². The van der Waals surface area contributed by atoms with Gasteiger partial charge in [0.05, 0.1) is 22.4 Å². The molecule has 1 aromatic carbocycles. The fourth-order valence-corrected chi connectivity index (χ4v) is 4.35. The highest BCUT2D eigenvalue weighted by molar-refractivity contribution is 7.94. The third-order valence-corrected chi connectivity index (χ3v) is 6.15. The maximum atomic E-state index is 12.0. The monoisotopic (exact) mass is 401 g/mol. The minimum Gasteiger partial charge on any atom is -0.283 e. The van der Waals surface area contributed by atoms with Gasteiger partial charge in [-0.3, -0.25) is 14.8 Å². The van der Waals surface area contributed by atoms with Crippen molar-refractivity contribution in [3.63, 3.8) is 0 Å². The van der Waals surface area contributed by atoms with Crippen LogP contribution in [0, 0.1) is 21.4 Å². The van der Waals surface area contributed by atoms with E-state index in [4.69, 9.17) is 5.26 Å². The Hall–Kier alpha value is -2.45. The first-order chi connectivity index (χ1) is 12.1. The van der Waals surface area contributed by atoms with Crippen molar-refractivity contribution in [2.45, 2.75) is 37.5 Å². The van der Waals surface area contributed by atoms with Gasteiger partial charge in [-0.1, -0.05) is 26.2 Å². The molecule has 1 rings (SSSR count). The van der Waals surface area contributed by atoms with Crippen LogP contribution in [0.3, 0.4) is 0 Å². The highest BCUT2D eigenvalue weighted by Gasteiger charge is 2.25. The number of sulfone groups is 1. The van der Waals surface area contributed by atoms with E-state index < -0.39 is 35.4 Å². The minimum atomic E-state index is -4.20. The molecule has 0 atom stereocenters. The number of rotatable bonds is 10. The van der Waals surface area contributed by atoms with Crippen molar-refractivity contribution in [2.24, 2.45) is 0 Å². The predicted molar refractivity (Wildman–Crippen MR) is 96.6 cm³/mol. The van der Waals surface area contributed by atoms with E-state index in [-0.39, 0.29) is 11.4 Å². The lowest BCUT2D eigenvalue weighted by molar-refractivity contribution is -0.387. The van der Waals surface area contributed by atoms with Crippen LogP contribution in [-0.4, -0.2) is 27.5 Å². The molecule has 9 nitrogen and oxygen atoms in total. The van der Waals surface area contributed by atoms with Crippen LogP contribution in [0.2, 0.25) is 0 Å². The van der Waals surface area contributed by atoms with Crippen molar-refractivity contribution in [3.05, 3.63) is 39.8 Å². The molecule has 26 heavy (non-hydrogen) atoms. The second-order valence-corrected chi connectivity index (χ2v) is 9.04. The second-order valence-electron chi connectivity index (χ2n) is 5.40. The normalized spacial score (nSPS) is 12.0. The number of nitrogens with zero attached hydrogens (tertiary/aromatic N) is 2. The third-order valence-electron chi connectivity index (χ3n) is 3.32. The summed E-state index contributed by atoms with van der Waals surface area (Å²) >= 11 is 0. The van der Waals surface area contributed by atoms with Gasteiger partial charge < -0.3 is 0 Å². The van der Waals surface area contributed by atoms with Gasteiger partial charge in [-0.15, -0.1) is 0 Å². The van der Waals surface area contributed by atoms with Crippen molar-refractivity contribution in [2.75, 3.05) is 10.5 Å². The molecule has 0 saturated carbocycles. The number of allylic oxidation sites excluding steroid dienone is 1. The van der Waals surface area contributed by atoms with Gasteiger partial charge in [0.15, 0.2) is 0 Å². The van der Waals surface area contributed by atoms with Crippen LogP contribution >= 0.6 is 0 Å². The van der Waals surface area contributed by atoms with Gasteiger partial charge >= 0.3 is 0 Å². The lowest BCUT2D eigenvalue weighted by atomic mass is 10.2. The zero-order valence-electron chi connectivity index (χ0n) is 14.1. The van der Waals surface area contributed by atoms with Gasteiger partial charge in [0, 0.05) is 17.6 Å². The van der Waals surface area contributed by atoms with E-state index in [2.05, 4.69) is 4.72 Å². The van der Waals surface area contributed by atoms with Gasteiger partial charge in [-0.25, -0.2) is 16.8 Å². The Kier molecular flexibility index (Phi) is 7.73. The van der Waals surface area contributed by atoms with Crippen molar-refractivity contribution < 1.29 is 21.8 Å². The molecule has 0 bridgehead atoms. The molecular formula is C15H19N3O6S2. The predicted octanol–water partition coefficient (Wildman–Crippen LogP) is 2.73. The van der Waals surface area contributed by atoms with Gasteiger partial charge in [0.2, 0.25) is 19.9 Å². The van der Waals surface area contributed by atoms with Crippen LogP contribution in [0.4, 0.5) is 11.4 Å². The highest BCUT2D eigenvalue weighted by atomic mass is 32.2. The number of nitro benzene ring substituents is 1. The van der Waals surface area contributed by atoms with Crippen LogP contribution < -0.4 is 4.72 Å². The number of nitro groups is 1. The van der Waals surface area contributed by atoms with Crippen LogP contribution in [-0.2, 0) is 19.9 Å². The van der Waals surface area contributed by atoms with E-state index in [1.165, 1.54) is 6.07 Å². The average molecular weight is 401 g/mol. The molecule has 0 aromatic heterocycles. The van der Waals surface area contributed by atoms with Crippen LogP contribution in [0.25, 0.3) is 0 Å². The Labute approximate surface area is 152 Å². The summed E-state index contributed by atoms with van der Waals surface area (Å²) < 4.78 is 50.3. The van der Waals surface area contributed by atoms with E-state index in [0.717, 1.165) is 37.5 Å². The van der Waals surface area contributed by atoms with Crippen molar-refractivity contribution in [1.82, 2.24) is 0 Å². The van der Waals surface area contributed by atoms with E-state index in [0.29, 0.717) is 17.9 Å². The van der Waals surface area contributed by atoms with E-state index in [1.54, 1.807) is 0 Å². The second kappa shape index (κ2) is 9.30. The topological polar surface area (TPSA) is 147 Å². The van der Waals surface area contributed by atoms with Gasteiger partial charge in [0.1, 0.15) is 4.90 Å². The summed E-state index contributed by atoms with van der Waals surface area (Å²) in [5, 5.41) is 20.1. The summed E-state index contributed by atoms with van der Waals surface area (Å²) in [6.45, 7) is 1.99. The molecule has 0 aliphatic carbocycles. The Balaban J connectivity index is 3.11. The number of unbranched alkanes of at least 4 members (excludes halogenated alkanes) is 3. The molecule has 0 heterocycles. The Morgan fingerprint density at radius 2 is 1.92 bits per heavy atom. The quantitative estimate of drug-likeness (QED) is 0.274. The molecule has 0 fully saturated rings. The fourth-order valence-electron chi connectivity index (χ4n) is 2.11.